The van der Waals surface area contributed by atoms with E-state index < -0.39 is 10.0 Å². The number of ether oxygens (including phenoxy) is 2. The Hall–Kier alpha value is -2.68. The average Bonchev–Trinajstić information content (AvgIpc) is 3.29. The van der Waals surface area contributed by atoms with Gasteiger partial charge in [0.25, 0.3) is 15.9 Å². The summed E-state index contributed by atoms with van der Waals surface area (Å²) in [5.74, 6) is 0.504. The van der Waals surface area contributed by atoms with Crippen LogP contribution in [0.4, 0.5) is 0 Å². The number of hydrogen-bond acceptors (Lipinski definition) is 5. The van der Waals surface area contributed by atoms with Gasteiger partial charge in [0.05, 0.1) is 10.4 Å². The van der Waals surface area contributed by atoms with Crippen LogP contribution in [0.5, 0.6) is 0 Å². The summed E-state index contributed by atoms with van der Waals surface area (Å²) in [6.07, 6.45) is 5.41. The van der Waals surface area contributed by atoms with E-state index in [0.29, 0.717) is 36.8 Å². The highest BCUT2D eigenvalue weighted by Gasteiger charge is 2.26. The fourth-order valence-corrected chi connectivity index (χ4v) is 6.27. The standard InChI is InChI=1S/C26H30N2O5S/c29-26(27-17-19-9-13-32-14-10-19)21-5-7-22(8-6-21)34(30,31)28-18-24(20-11-15-33-16-12-20)23-3-1-2-4-25(23)28/h1-8,18-20H,9-17H2,(H,27,29). The van der Waals surface area contributed by atoms with Crippen molar-refractivity contribution in [2.24, 2.45) is 5.92 Å². The molecule has 0 bridgehead atoms. The number of nitrogens with zero attached hydrogens (tertiary/aromatic N) is 1. The molecule has 180 valence electrons. The molecule has 0 atom stereocenters. The van der Waals surface area contributed by atoms with Crippen LogP contribution >= 0.6 is 0 Å². The highest BCUT2D eigenvalue weighted by Crippen LogP contribution is 2.35. The third kappa shape index (κ3) is 4.62. The minimum absolute atomic E-state index is 0.160. The van der Waals surface area contributed by atoms with Crippen LogP contribution in [0.15, 0.2) is 59.6 Å². The zero-order valence-electron chi connectivity index (χ0n) is 19.1. The number of benzene rings is 2. The summed E-state index contributed by atoms with van der Waals surface area (Å²) in [6.45, 7) is 3.45. The zero-order valence-corrected chi connectivity index (χ0v) is 19.9. The Bertz CT molecular complexity index is 1250. The van der Waals surface area contributed by atoms with Gasteiger partial charge in [0.2, 0.25) is 0 Å². The van der Waals surface area contributed by atoms with Gasteiger partial charge in [0.1, 0.15) is 0 Å². The van der Waals surface area contributed by atoms with E-state index in [-0.39, 0.29) is 16.7 Å². The molecule has 0 saturated carbocycles. The van der Waals surface area contributed by atoms with Crippen molar-refractivity contribution in [2.45, 2.75) is 36.5 Å². The molecule has 2 aliphatic rings. The van der Waals surface area contributed by atoms with E-state index in [0.717, 1.165) is 49.8 Å². The molecule has 5 rings (SSSR count). The lowest BCUT2D eigenvalue weighted by molar-refractivity contribution is 0.0642. The maximum atomic E-state index is 13.6. The predicted molar refractivity (Wildman–Crippen MR) is 130 cm³/mol. The summed E-state index contributed by atoms with van der Waals surface area (Å²) in [4.78, 5) is 12.7. The van der Waals surface area contributed by atoms with Gasteiger partial charge in [-0.2, -0.15) is 0 Å². The lowest BCUT2D eigenvalue weighted by Crippen LogP contribution is -2.32. The number of carbonyl (C=O) groups is 1. The largest absolute Gasteiger partial charge is 0.381 e. The van der Waals surface area contributed by atoms with Crippen molar-refractivity contribution in [3.05, 3.63) is 65.9 Å². The lowest BCUT2D eigenvalue weighted by Gasteiger charge is -2.22. The molecule has 1 N–H and O–H groups in total. The average molecular weight is 483 g/mol. The van der Waals surface area contributed by atoms with E-state index in [1.165, 1.54) is 16.1 Å². The van der Waals surface area contributed by atoms with E-state index in [1.807, 2.05) is 24.3 Å². The molecule has 0 spiro atoms. The Balaban J connectivity index is 1.38. The molecule has 0 radical (unpaired) electrons. The van der Waals surface area contributed by atoms with Crippen molar-refractivity contribution >= 4 is 26.8 Å². The quantitative estimate of drug-likeness (QED) is 0.575. The molecule has 2 fully saturated rings. The zero-order chi connectivity index (χ0) is 23.5. The SMILES string of the molecule is O=C(NCC1CCOCC1)c1ccc(S(=O)(=O)n2cc(C3CCOCC3)c3ccccc32)cc1. The predicted octanol–water partition coefficient (Wildman–Crippen LogP) is 3.93. The summed E-state index contributed by atoms with van der Waals surface area (Å²) < 4.78 is 39.4. The van der Waals surface area contributed by atoms with Crippen molar-refractivity contribution in [1.29, 1.82) is 0 Å². The molecule has 2 aromatic carbocycles. The van der Waals surface area contributed by atoms with Crippen LogP contribution in [-0.2, 0) is 19.5 Å². The van der Waals surface area contributed by atoms with Crippen molar-refractivity contribution < 1.29 is 22.7 Å². The molecule has 8 heteroatoms. The summed E-state index contributed by atoms with van der Waals surface area (Å²) in [5.41, 5.74) is 2.17. The van der Waals surface area contributed by atoms with Crippen molar-refractivity contribution in [3.63, 3.8) is 0 Å². The first-order valence-corrected chi connectivity index (χ1v) is 13.4. The fourth-order valence-electron chi connectivity index (χ4n) is 4.89. The molecule has 3 aromatic rings. The second kappa shape index (κ2) is 9.90. The Kier molecular flexibility index (Phi) is 6.72. The van der Waals surface area contributed by atoms with Crippen molar-refractivity contribution in [1.82, 2.24) is 9.29 Å². The normalized spacial score (nSPS) is 18.2. The van der Waals surface area contributed by atoms with Gasteiger partial charge in [0, 0.05) is 50.1 Å². The van der Waals surface area contributed by atoms with Crippen LogP contribution in [0.1, 0.15) is 47.5 Å². The third-order valence-corrected chi connectivity index (χ3v) is 8.62. The molecule has 0 aliphatic carbocycles. The Morgan fingerprint density at radius 3 is 2.26 bits per heavy atom. The van der Waals surface area contributed by atoms with Gasteiger partial charge in [-0.3, -0.25) is 4.79 Å². The summed E-state index contributed by atoms with van der Waals surface area (Å²) in [7, 11) is -3.82. The van der Waals surface area contributed by atoms with E-state index in [9.17, 15) is 13.2 Å². The number of rotatable bonds is 6. The smallest absolute Gasteiger partial charge is 0.268 e. The van der Waals surface area contributed by atoms with Crippen LogP contribution in [0.3, 0.4) is 0 Å². The van der Waals surface area contributed by atoms with Crippen LogP contribution in [0.25, 0.3) is 10.9 Å². The number of para-hydroxylation sites is 1. The third-order valence-electron chi connectivity index (χ3n) is 6.94. The molecular weight excluding hydrogens is 452 g/mol. The topological polar surface area (TPSA) is 86.6 Å². The van der Waals surface area contributed by atoms with E-state index in [4.69, 9.17) is 9.47 Å². The number of hydrogen-bond donors (Lipinski definition) is 1. The first-order valence-electron chi connectivity index (χ1n) is 11.9. The number of carbonyl (C=O) groups excluding carboxylic acids is 1. The Morgan fingerprint density at radius 1 is 0.912 bits per heavy atom. The summed E-state index contributed by atoms with van der Waals surface area (Å²) in [5, 5.41) is 3.92. The van der Waals surface area contributed by atoms with Crippen molar-refractivity contribution in [2.75, 3.05) is 33.0 Å². The second-order valence-electron chi connectivity index (χ2n) is 9.08. The Morgan fingerprint density at radius 2 is 1.56 bits per heavy atom. The summed E-state index contributed by atoms with van der Waals surface area (Å²) in [6, 6.07) is 13.8. The first-order chi connectivity index (χ1) is 16.5. The monoisotopic (exact) mass is 482 g/mol. The fraction of sp³-hybridized carbons (Fsp3) is 0.423. The molecule has 3 heterocycles. The molecule has 2 saturated heterocycles. The van der Waals surface area contributed by atoms with E-state index in [1.54, 1.807) is 18.3 Å². The molecular formula is C26H30N2O5S. The lowest BCUT2D eigenvalue weighted by atomic mass is 9.91. The molecule has 0 unspecified atom stereocenters. The summed E-state index contributed by atoms with van der Waals surface area (Å²) >= 11 is 0. The van der Waals surface area contributed by atoms with Gasteiger partial charge in [-0.05, 0) is 73.4 Å². The van der Waals surface area contributed by atoms with Gasteiger partial charge >= 0.3 is 0 Å². The second-order valence-corrected chi connectivity index (χ2v) is 10.9. The van der Waals surface area contributed by atoms with Crippen LogP contribution in [0.2, 0.25) is 0 Å². The van der Waals surface area contributed by atoms with E-state index >= 15 is 0 Å². The van der Waals surface area contributed by atoms with Gasteiger partial charge in [-0.25, -0.2) is 12.4 Å². The number of aromatic nitrogens is 1. The number of amides is 1. The minimum Gasteiger partial charge on any atom is -0.381 e. The van der Waals surface area contributed by atoms with Gasteiger partial charge < -0.3 is 14.8 Å². The minimum atomic E-state index is -3.82. The van der Waals surface area contributed by atoms with Crippen molar-refractivity contribution in [3.8, 4) is 0 Å². The maximum absolute atomic E-state index is 13.6. The number of fused-ring (bicyclic) bond motifs is 1. The van der Waals surface area contributed by atoms with Crippen LogP contribution in [0, 0.1) is 5.92 Å². The Labute approximate surface area is 200 Å². The molecule has 2 aliphatic heterocycles. The van der Waals surface area contributed by atoms with E-state index in [2.05, 4.69) is 5.32 Å². The molecule has 1 amide bonds. The highest BCUT2D eigenvalue weighted by molar-refractivity contribution is 7.90. The van der Waals surface area contributed by atoms with Gasteiger partial charge in [-0.1, -0.05) is 18.2 Å². The van der Waals surface area contributed by atoms with Gasteiger partial charge in [0.15, 0.2) is 0 Å². The highest BCUT2D eigenvalue weighted by atomic mass is 32.2. The molecule has 1 aromatic heterocycles. The number of nitrogens with one attached hydrogen (secondary N) is 1. The maximum Gasteiger partial charge on any atom is 0.268 e. The molecule has 34 heavy (non-hydrogen) atoms. The van der Waals surface area contributed by atoms with Crippen LogP contribution in [-0.4, -0.2) is 51.3 Å². The first kappa shape index (κ1) is 23.1. The van der Waals surface area contributed by atoms with Crippen LogP contribution < -0.4 is 5.32 Å². The molecule has 7 nitrogen and oxygen atoms in total. The van der Waals surface area contributed by atoms with Gasteiger partial charge in [-0.15, -0.1) is 0 Å².